The third kappa shape index (κ3) is 1.37. The second kappa shape index (κ2) is 3.18. The minimum atomic E-state index is -0.301. The van der Waals surface area contributed by atoms with E-state index in [1.165, 1.54) is 0 Å². The first-order valence-electron chi connectivity index (χ1n) is 4.41. The number of hydrogen-bond acceptors (Lipinski definition) is 2. The van der Waals surface area contributed by atoms with E-state index in [-0.39, 0.29) is 5.69 Å². The van der Waals surface area contributed by atoms with Crippen LogP contribution in [0.1, 0.15) is 11.1 Å². The molecule has 2 aromatic rings. The van der Waals surface area contributed by atoms with Crippen molar-refractivity contribution in [2.75, 3.05) is 0 Å². The molecule has 0 saturated carbocycles. The Kier molecular flexibility index (Phi) is 1.98. The quantitative estimate of drug-likeness (QED) is 0.415. The Morgan fingerprint density at radius 2 is 2.13 bits per heavy atom. The van der Waals surface area contributed by atoms with Crippen LogP contribution >= 0.6 is 0 Å². The van der Waals surface area contributed by atoms with Gasteiger partial charge in [0.05, 0.1) is 16.7 Å². The van der Waals surface area contributed by atoms with Gasteiger partial charge in [-0.3, -0.25) is 0 Å². The highest BCUT2D eigenvalue weighted by Crippen LogP contribution is 2.29. The van der Waals surface area contributed by atoms with Gasteiger partial charge in [0.1, 0.15) is 0 Å². The average molecular weight is 203 g/mol. The van der Waals surface area contributed by atoms with E-state index >= 15 is 0 Å². The van der Waals surface area contributed by atoms with Gasteiger partial charge in [-0.2, -0.15) is 0 Å². The molecule has 0 saturated heterocycles. The molecule has 6 nitrogen and oxygen atoms in total. The third-order valence-electron chi connectivity index (χ3n) is 2.45. The number of nitrogens with zero attached hydrogens (tertiary/aromatic N) is 3. The third-order valence-corrected chi connectivity index (χ3v) is 2.45. The highest BCUT2D eigenvalue weighted by atomic mass is 16.1. The van der Waals surface area contributed by atoms with Crippen LogP contribution in [0.15, 0.2) is 16.0 Å². The fourth-order valence-electron chi connectivity index (χ4n) is 1.56. The summed E-state index contributed by atoms with van der Waals surface area (Å²) in [6.45, 7) is 3.75. The van der Waals surface area contributed by atoms with Gasteiger partial charge >= 0.3 is 5.69 Å². The van der Waals surface area contributed by atoms with Gasteiger partial charge in [0.25, 0.3) is 0 Å². The zero-order valence-corrected chi connectivity index (χ0v) is 8.33. The summed E-state index contributed by atoms with van der Waals surface area (Å²) < 4.78 is 0. The first-order valence-corrected chi connectivity index (χ1v) is 4.41. The minimum absolute atomic E-state index is 0.301. The van der Waals surface area contributed by atoms with E-state index in [0.29, 0.717) is 16.7 Å². The highest BCUT2D eigenvalue weighted by Gasteiger charge is 2.08. The summed E-state index contributed by atoms with van der Waals surface area (Å²) in [5, 5.41) is 3.60. The van der Waals surface area contributed by atoms with Gasteiger partial charge in [-0.15, -0.1) is 0 Å². The molecule has 0 aliphatic heterocycles. The van der Waals surface area contributed by atoms with Gasteiger partial charge in [0.15, 0.2) is 0 Å². The largest absolute Gasteiger partial charge is 0.323 e. The molecule has 1 aromatic carbocycles. The van der Waals surface area contributed by atoms with E-state index in [1.807, 2.05) is 19.9 Å². The summed E-state index contributed by atoms with van der Waals surface area (Å²) in [6.07, 6.45) is 0. The monoisotopic (exact) mass is 203 g/mol. The van der Waals surface area contributed by atoms with Crippen LogP contribution in [0.2, 0.25) is 0 Å². The van der Waals surface area contributed by atoms with Crippen LogP contribution in [0, 0.1) is 13.8 Å². The molecule has 15 heavy (non-hydrogen) atoms. The van der Waals surface area contributed by atoms with Gasteiger partial charge in [-0.1, -0.05) is 5.11 Å². The number of imidazole rings is 1. The normalized spacial score (nSPS) is 10.3. The molecule has 1 heterocycles. The Labute approximate surface area is 84.6 Å². The molecule has 0 amide bonds. The molecule has 76 valence electrons. The maximum atomic E-state index is 11.1. The lowest BCUT2D eigenvalue weighted by Gasteiger charge is -2.04. The molecule has 0 aliphatic carbocycles. The number of H-pyrrole nitrogens is 2. The van der Waals surface area contributed by atoms with Crippen molar-refractivity contribution >= 4 is 16.7 Å². The van der Waals surface area contributed by atoms with Crippen LogP contribution in [0.5, 0.6) is 0 Å². The second-order valence-corrected chi connectivity index (χ2v) is 3.36. The number of hydrogen-bond donors (Lipinski definition) is 2. The average Bonchev–Trinajstić information content (AvgIpc) is 2.53. The van der Waals surface area contributed by atoms with Crippen molar-refractivity contribution in [1.82, 2.24) is 9.97 Å². The summed E-state index contributed by atoms with van der Waals surface area (Å²) in [4.78, 5) is 19.1. The number of benzene rings is 1. The smallest absolute Gasteiger partial charge is 0.306 e. The number of nitrogens with one attached hydrogen (secondary N) is 2. The van der Waals surface area contributed by atoms with Crippen molar-refractivity contribution in [3.8, 4) is 0 Å². The Bertz CT molecular complexity index is 630. The Hall–Kier alpha value is -2.20. The summed E-state index contributed by atoms with van der Waals surface area (Å²) >= 11 is 0. The Balaban J connectivity index is 3.00. The summed E-state index contributed by atoms with van der Waals surface area (Å²) in [6, 6.07) is 1.85. The van der Waals surface area contributed by atoms with Crippen molar-refractivity contribution < 1.29 is 0 Å². The molecule has 0 atom stereocenters. The van der Waals surface area contributed by atoms with Crippen LogP contribution in [0.3, 0.4) is 0 Å². The van der Waals surface area contributed by atoms with Gasteiger partial charge in [-0.25, -0.2) is 4.79 Å². The topological polar surface area (TPSA) is 97.4 Å². The predicted octanol–water partition coefficient (Wildman–Crippen LogP) is 2.41. The van der Waals surface area contributed by atoms with Gasteiger partial charge in [-0.05, 0) is 36.6 Å². The van der Waals surface area contributed by atoms with E-state index in [0.717, 1.165) is 11.1 Å². The molecule has 0 spiro atoms. The first kappa shape index (κ1) is 9.36. The van der Waals surface area contributed by atoms with E-state index in [2.05, 4.69) is 20.0 Å². The fourth-order valence-corrected chi connectivity index (χ4v) is 1.56. The minimum Gasteiger partial charge on any atom is -0.306 e. The zero-order valence-electron chi connectivity index (χ0n) is 8.33. The summed E-state index contributed by atoms with van der Waals surface area (Å²) in [7, 11) is 0. The number of aromatic amines is 2. The molecule has 2 N–H and O–H groups in total. The van der Waals surface area contributed by atoms with Crippen LogP contribution < -0.4 is 5.69 Å². The predicted molar refractivity (Wildman–Crippen MR) is 57.2 cm³/mol. The summed E-state index contributed by atoms with van der Waals surface area (Å²) in [5.41, 5.74) is 11.7. The number of aromatic nitrogens is 2. The van der Waals surface area contributed by atoms with Crippen molar-refractivity contribution in [2.45, 2.75) is 13.8 Å². The molecule has 0 bridgehead atoms. The van der Waals surface area contributed by atoms with Crippen LogP contribution in [0.25, 0.3) is 21.5 Å². The summed E-state index contributed by atoms with van der Waals surface area (Å²) in [5.74, 6) is 0. The SMILES string of the molecule is Cc1cc2[nH]c(=O)[nH]c2c(N=[N+]=[N-])c1C. The molecule has 0 unspecified atom stereocenters. The van der Waals surface area contributed by atoms with Gasteiger partial charge in [0.2, 0.25) is 0 Å². The molecular formula is C9H9N5O. The van der Waals surface area contributed by atoms with Crippen LogP contribution in [-0.2, 0) is 0 Å². The fraction of sp³-hybridized carbons (Fsp3) is 0.222. The van der Waals surface area contributed by atoms with Crippen molar-refractivity contribution in [3.63, 3.8) is 0 Å². The first-order chi connectivity index (χ1) is 7.13. The molecular weight excluding hydrogens is 194 g/mol. The van der Waals surface area contributed by atoms with Gasteiger partial charge < -0.3 is 9.97 Å². The number of azide groups is 1. The van der Waals surface area contributed by atoms with Crippen LogP contribution in [-0.4, -0.2) is 9.97 Å². The highest BCUT2D eigenvalue weighted by molar-refractivity contribution is 5.89. The van der Waals surface area contributed by atoms with Crippen molar-refractivity contribution in [1.29, 1.82) is 0 Å². The molecule has 0 radical (unpaired) electrons. The maximum absolute atomic E-state index is 11.1. The molecule has 1 aromatic heterocycles. The standard InChI is InChI=1S/C9H9N5O/c1-4-3-6-8(12-9(15)11-6)7(5(4)2)13-14-10/h3H,1-2H3,(H2,11,12,15). The van der Waals surface area contributed by atoms with E-state index in [9.17, 15) is 4.79 Å². The number of rotatable bonds is 1. The van der Waals surface area contributed by atoms with E-state index in [1.54, 1.807) is 0 Å². The molecule has 0 aliphatic rings. The van der Waals surface area contributed by atoms with Crippen molar-refractivity contribution in [3.05, 3.63) is 38.1 Å². The number of aryl methyl sites for hydroxylation is 1. The Morgan fingerprint density at radius 3 is 2.80 bits per heavy atom. The molecule has 0 fully saturated rings. The van der Waals surface area contributed by atoms with E-state index in [4.69, 9.17) is 5.53 Å². The maximum Gasteiger partial charge on any atom is 0.323 e. The van der Waals surface area contributed by atoms with Gasteiger partial charge in [0, 0.05) is 4.91 Å². The lowest BCUT2D eigenvalue weighted by molar-refractivity contribution is 1.21. The molecule has 2 rings (SSSR count). The lowest BCUT2D eigenvalue weighted by Crippen LogP contribution is -1.99. The number of fused-ring (bicyclic) bond motifs is 1. The Morgan fingerprint density at radius 1 is 1.40 bits per heavy atom. The van der Waals surface area contributed by atoms with E-state index < -0.39 is 0 Å². The van der Waals surface area contributed by atoms with Crippen molar-refractivity contribution in [2.24, 2.45) is 5.11 Å². The lowest BCUT2D eigenvalue weighted by atomic mass is 10.1. The second-order valence-electron chi connectivity index (χ2n) is 3.36. The van der Waals surface area contributed by atoms with Crippen LogP contribution in [0.4, 0.5) is 5.69 Å². The zero-order chi connectivity index (χ0) is 11.0. The molecule has 6 heteroatoms.